The van der Waals surface area contributed by atoms with Gasteiger partial charge in [-0.3, -0.25) is 0 Å². The number of nitrogens with one attached hydrogen (secondary N) is 1. The number of pyridine rings is 1. The Labute approximate surface area is 110 Å². The summed E-state index contributed by atoms with van der Waals surface area (Å²) in [7, 11) is 0. The summed E-state index contributed by atoms with van der Waals surface area (Å²) in [4.78, 5) is 4.75. The highest BCUT2D eigenvalue weighted by atomic mass is 32.1. The molecule has 0 atom stereocenters. The van der Waals surface area contributed by atoms with Gasteiger partial charge in [-0.1, -0.05) is 17.4 Å². The van der Waals surface area contributed by atoms with E-state index in [9.17, 15) is 0 Å². The fraction of sp³-hybridized carbons (Fsp3) is 0.250. The molecule has 3 N–H and O–H groups in total. The number of rotatable bonds is 4. The summed E-state index contributed by atoms with van der Waals surface area (Å²) in [6, 6.07) is 3.74. The van der Waals surface area contributed by atoms with E-state index in [1.54, 1.807) is 12.3 Å². The first-order valence-electron chi connectivity index (χ1n) is 5.49. The van der Waals surface area contributed by atoms with Gasteiger partial charge in [0.1, 0.15) is 10.8 Å². The molecule has 5 nitrogen and oxygen atoms in total. The maximum absolute atomic E-state index is 5.73. The van der Waals surface area contributed by atoms with Crippen molar-refractivity contribution in [3.05, 3.63) is 40.9 Å². The first-order chi connectivity index (χ1) is 8.58. The maximum Gasteiger partial charge on any atom is 0.155 e. The molecule has 0 aliphatic heterocycles. The van der Waals surface area contributed by atoms with E-state index in [0.29, 0.717) is 17.4 Å². The van der Waals surface area contributed by atoms with E-state index < -0.39 is 0 Å². The molecule has 2 rings (SSSR count). The van der Waals surface area contributed by atoms with E-state index in [4.69, 9.17) is 22.5 Å². The maximum atomic E-state index is 5.73. The average Bonchev–Trinajstić information content (AvgIpc) is 2.77. The summed E-state index contributed by atoms with van der Waals surface area (Å²) in [6.45, 7) is 4.38. The Balaban J connectivity index is 2.28. The topological polar surface area (TPSA) is 77.0 Å². The largest absolute Gasteiger partial charge is 0.389 e. The second-order valence-electron chi connectivity index (χ2n) is 4.00. The van der Waals surface area contributed by atoms with Crippen molar-refractivity contribution in [2.75, 3.05) is 5.32 Å². The summed E-state index contributed by atoms with van der Waals surface area (Å²) in [6.07, 6.45) is 1.60. The number of nitrogens with zero attached hydrogens (tertiary/aromatic N) is 2. The van der Waals surface area contributed by atoms with Gasteiger partial charge in [0.25, 0.3) is 0 Å². The molecule has 0 fully saturated rings. The molecule has 0 saturated heterocycles. The van der Waals surface area contributed by atoms with E-state index in [-0.39, 0.29) is 0 Å². The summed E-state index contributed by atoms with van der Waals surface area (Å²) < 4.78 is 5.01. The van der Waals surface area contributed by atoms with Gasteiger partial charge in [-0.2, -0.15) is 0 Å². The minimum absolute atomic E-state index is 0.333. The van der Waals surface area contributed by atoms with Crippen molar-refractivity contribution in [3.63, 3.8) is 0 Å². The molecule has 2 aromatic rings. The van der Waals surface area contributed by atoms with Gasteiger partial charge in [0.05, 0.1) is 18.3 Å². The Bertz CT molecular complexity index is 566. The van der Waals surface area contributed by atoms with Crippen molar-refractivity contribution in [1.82, 2.24) is 10.1 Å². The van der Waals surface area contributed by atoms with Crippen LogP contribution in [0.15, 0.2) is 22.9 Å². The predicted octanol–water partition coefficient (Wildman–Crippen LogP) is 1.93. The van der Waals surface area contributed by atoms with E-state index >= 15 is 0 Å². The molecular formula is C12H14N4OS. The van der Waals surface area contributed by atoms with E-state index in [1.165, 1.54) is 0 Å². The zero-order valence-electron chi connectivity index (χ0n) is 10.2. The molecule has 2 aromatic heterocycles. The summed E-state index contributed by atoms with van der Waals surface area (Å²) in [5.74, 6) is 1.40. The number of anilines is 1. The van der Waals surface area contributed by atoms with Crippen molar-refractivity contribution >= 4 is 23.0 Å². The van der Waals surface area contributed by atoms with Gasteiger partial charge in [0.2, 0.25) is 0 Å². The van der Waals surface area contributed by atoms with E-state index in [2.05, 4.69) is 15.5 Å². The highest BCUT2D eigenvalue weighted by molar-refractivity contribution is 7.80. The second kappa shape index (κ2) is 5.14. The van der Waals surface area contributed by atoms with Gasteiger partial charge in [-0.05, 0) is 25.5 Å². The van der Waals surface area contributed by atoms with Crippen molar-refractivity contribution in [3.8, 4) is 0 Å². The van der Waals surface area contributed by atoms with Crippen LogP contribution >= 0.6 is 12.2 Å². The van der Waals surface area contributed by atoms with Crippen molar-refractivity contribution in [2.45, 2.75) is 20.4 Å². The molecule has 0 unspecified atom stereocenters. The fourth-order valence-electron chi connectivity index (χ4n) is 1.78. The molecule has 0 spiro atoms. The molecule has 0 amide bonds. The molecule has 2 heterocycles. The van der Waals surface area contributed by atoms with Crippen LogP contribution < -0.4 is 11.1 Å². The minimum Gasteiger partial charge on any atom is -0.389 e. The monoisotopic (exact) mass is 262 g/mol. The second-order valence-corrected chi connectivity index (χ2v) is 4.44. The fourth-order valence-corrected chi connectivity index (χ4v) is 2.04. The Kier molecular flexibility index (Phi) is 3.57. The van der Waals surface area contributed by atoms with Gasteiger partial charge in [-0.25, -0.2) is 4.98 Å². The first kappa shape index (κ1) is 12.5. The molecule has 0 bridgehead atoms. The molecular weight excluding hydrogens is 248 g/mol. The van der Waals surface area contributed by atoms with Crippen LogP contribution in [0.3, 0.4) is 0 Å². The van der Waals surface area contributed by atoms with Gasteiger partial charge >= 0.3 is 0 Å². The summed E-state index contributed by atoms with van der Waals surface area (Å²) >= 11 is 5.06. The highest BCUT2D eigenvalue weighted by Gasteiger charge is 2.11. The van der Waals surface area contributed by atoms with Crippen LogP contribution in [-0.2, 0) is 6.54 Å². The van der Waals surface area contributed by atoms with Gasteiger partial charge in [0, 0.05) is 11.8 Å². The standard InChI is InChI=1S/C12H14N4OS/c1-7-5-8(2)16-12(10(7)11(13)18)14-6-9-3-4-15-17-9/h3-5H,6H2,1-2H3,(H2,13,18)(H,14,16). The molecule has 94 valence electrons. The van der Waals surface area contributed by atoms with Crippen LogP contribution in [0.4, 0.5) is 5.82 Å². The quantitative estimate of drug-likeness (QED) is 0.820. The van der Waals surface area contributed by atoms with Crippen molar-refractivity contribution in [2.24, 2.45) is 5.73 Å². The lowest BCUT2D eigenvalue weighted by Crippen LogP contribution is -2.16. The third-order valence-electron chi connectivity index (χ3n) is 2.51. The molecule has 0 aliphatic carbocycles. The molecule has 0 saturated carbocycles. The van der Waals surface area contributed by atoms with Crippen LogP contribution in [0, 0.1) is 13.8 Å². The number of thiocarbonyl (C=S) groups is 1. The van der Waals surface area contributed by atoms with Gasteiger partial charge < -0.3 is 15.6 Å². The van der Waals surface area contributed by atoms with Gasteiger partial charge in [0.15, 0.2) is 5.76 Å². The van der Waals surface area contributed by atoms with Crippen molar-refractivity contribution in [1.29, 1.82) is 0 Å². The SMILES string of the molecule is Cc1cc(C)c(C(N)=S)c(NCc2ccno2)n1. The van der Waals surface area contributed by atoms with Crippen LogP contribution in [0.5, 0.6) is 0 Å². The van der Waals surface area contributed by atoms with Crippen LogP contribution in [-0.4, -0.2) is 15.1 Å². The molecule has 0 aromatic carbocycles. The third-order valence-corrected chi connectivity index (χ3v) is 2.72. The minimum atomic E-state index is 0.333. The Morgan fingerprint density at radius 2 is 2.28 bits per heavy atom. The smallest absolute Gasteiger partial charge is 0.155 e. The summed E-state index contributed by atoms with van der Waals surface area (Å²) in [5, 5.41) is 6.81. The molecule has 6 heteroatoms. The lowest BCUT2D eigenvalue weighted by molar-refractivity contribution is 0.388. The number of aryl methyl sites for hydroxylation is 2. The van der Waals surface area contributed by atoms with Crippen LogP contribution in [0.25, 0.3) is 0 Å². The van der Waals surface area contributed by atoms with Crippen molar-refractivity contribution < 1.29 is 4.52 Å². The zero-order chi connectivity index (χ0) is 13.1. The third kappa shape index (κ3) is 2.65. The van der Waals surface area contributed by atoms with Crippen LogP contribution in [0.2, 0.25) is 0 Å². The van der Waals surface area contributed by atoms with Crippen LogP contribution in [0.1, 0.15) is 22.6 Å². The Morgan fingerprint density at radius 1 is 1.50 bits per heavy atom. The highest BCUT2D eigenvalue weighted by Crippen LogP contribution is 2.19. The molecule has 18 heavy (non-hydrogen) atoms. The Hall–Kier alpha value is -1.95. The number of hydrogen-bond donors (Lipinski definition) is 2. The number of nitrogens with two attached hydrogens (primary N) is 1. The van der Waals surface area contributed by atoms with Gasteiger partial charge in [-0.15, -0.1) is 0 Å². The van der Waals surface area contributed by atoms with E-state index in [0.717, 1.165) is 22.6 Å². The summed E-state index contributed by atoms with van der Waals surface area (Å²) in [5.41, 5.74) is 8.42. The molecule has 0 radical (unpaired) electrons. The Morgan fingerprint density at radius 3 is 2.89 bits per heavy atom. The first-order valence-corrected chi connectivity index (χ1v) is 5.90. The lowest BCUT2D eigenvalue weighted by atomic mass is 10.1. The predicted molar refractivity (Wildman–Crippen MR) is 73.4 cm³/mol. The normalized spacial score (nSPS) is 10.3. The number of hydrogen-bond acceptors (Lipinski definition) is 5. The van der Waals surface area contributed by atoms with E-state index in [1.807, 2.05) is 19.9 Å². The zero-order valence-corrected chi connectivity index (χ0v) is 11.0. The lowest BCUT2D eigenvalue weighted by Gasteiger charge is -2.12. The number of aromatic nitrogens is 2. The average molecular weight is 262 g/mol. The molecule has 0 aliphatic rings.